The summed E-state index contributed by atoms with van der Waals surface area (Å²) in [6, 6.07) is 96.1. The minimum Gasteiger partial charge on any atom is -0.426 e. The molecule has 8 heteroatoms. The van der Waals surface area contributed by atoms with E-state index in [0.29, 0.717) is 17.2 Å². The summed E-state index contributed by atoms with van der Waals surface area (Å²) in [4.78, 5) is 0. The summed E-state index contributed by atoms with van der Waals surface area (Å²) in [5.41, 5.74) is 6.48. The van der Waals surface area contributed by atoms with Crippen LogP contribution in [0.15, 0.2) is 279 Å². The number of hydrogen-bond donors (Lipinski definition) is 0. The Kier molecular flexibility index (Phi) is 16.5. The lowest BCUT2D eigenvalue weighted by molar-refractivity contribution is 0.00370. The zero-order valence-electron chi connectivity index (χ0n) is 48.6. The van der Waals surface area contributed by atoms with Gasteiger partial charge >= 0.3 is 17.2 Å². The lowest BCUT2D eigenvalue weighted by atomic mass is 9.66. The highest BCUT2D eigenvalue weighted by Crippen LogP contribution is 2.70. The maximum Gasteiger partial charge on any atom is 0.464 e. The van der Waals surface area contributed by atoms with Crippen LogP contribution in [0.2, 0.25) is 0 Å². The van der Waals surface area contributed by atoms with Gasteiger partial charge in [0.15, 0.2) is 16.8 Å². The first-order valence-corrected chi connectivity index (χ1v) is 30.8. The van der Waals surface area contributed by atoms with Crippen LogP contribution in [0.3, 0.4) is 0 Å². The van der Waals surface area contributed by atoms with Gasteiger partial charge in [-0.3, -0.25) is 13.6 Å². The lowest BCUT2D eigenvalue weighted by Crippen LogP contribution is -2.48. The molecule has 1 aliphatic heterocycles. The molecule has 0 radical (unpaired) electrons. The molecule has 0 amide bonds. The maximum atomic E-state index is 7.61. The van der Waals surface area contributed by atoms with Gasteiger partial charge < -0.3 is 13.6 Å². The summed E-state index contributed by atoms with van der Waals surface area (Å²) in [7, 11) is -4.21. The van der Waals surface area contributed by atoms with Crippen molar-refractivity contribution in [1.29, 1.82) is 0 Å². The topological polar surface area (TPSA) is 55.4 Å². The molecule has 1 aliphatic rings. The minimum absolute atomic E-state index is 0.348. The summed E-state index contributed by atoms with van der Waals surface area (Å²) in [6.45, 7) is 18.0. The lowest BCUT2D eigenvalue weighted by Gasteiger charge is -2.43. The molecule has 11 rings (SSSR count). The Morgan fingerprint density at radius 1 is 0.373 bits per heavy atom. The smallest absolute Gasteiger partial charge is 0.426 e. The molecule has 0 saturated carbocycles. The summed E-state index contributed by atoms with van der Waals surface area (Å²) in [5, 5.41) is 0. The molecular weight excluding hydrogens is 1060 g/mol. The fourth-order valence-corrected chi connectivity index (χ4v) is 14.5. The van der Waals surface area contributed by atoms with Gasteiger partial charge in [-0.1, -0.05) is 310 Å². The van der Waals surface area contributed by atoms with Crippen molar-refractivity contribution in [2.45, 2.75) is 94.9 Å². The van der Waals surface area contributed by atoms with Crippen LogP contribution in [0, 0.1) is 0 Å². The average molecular weight is 1130 g/mol. The molecule has 10 aromatic carbocycles. The third kappa shape index (κ3) is 11.1. The third-order valence-electron chi connectivity index (χ3n) is 16.2. The molecule has 10 aromatic rings. The van der Waals surface area contributed by atoms with Gasteiger partial charge in [0.2, 0.25) is 0 Å². The number of benzene rings is 10. The zero-order valence-corrected chi connectivity index (χ0v) is 50.4. The van der Waals surface area contributed by atoms with E-state index >= 15 is 0 Å². The largest absolute Gasteiger partial charge is 0.464 e. The predicted molar refractivity (Wildman–Crippen MR) is 339 cm³/mol. The fourth-order valence-electron chi connectivity index (χ4n) is 11.7. The molecule has 1 fully saturated rings. The van der Waals surface area contributed by atoms with Crippen LogP contribution in [0.25, 0.3) is 0 Å². The van der Waals surface area contributed by atoms with Crippen LogP contribution in [-0.4, -0.2) is 0 Å². The van der Waals surface area contributed by atoms with E-state index in [4.69, 9.17) is 27.1 Å². The van der Waals surface area contributed by atoms with Gasteiger partial charge in [0, 0.05) is 16.5 Å². The first-order chi connectivity index (χ1) is 40.2. The highest BCUT2D eigenvalue weighted by molar-refractivity contribution is 7.43. The van der Waals surface area contributed by atoms with Crippen LogP contribution in [0.1, 0.15) is 123 Å². The van der Waals surface area contributed by atoms with Crippen molar-refractivity contribution in [1.82, 2.24) is 0 Å². The number of para-hydroxylation sites is 1. The first kappa shape index (κ1) is 57.2. The molecule has 1 heterocycles. The van der Waals surface area contributed by atoms with E-state index in [1.807, 2.05) is 72.8 Å². The first-order valence-electron chi connectivity index (χ1n) is 28.6. The van der Waals surface area contributed by atoms with Crippen LogP contribution in [0.5, 0.6) is 17.2 Å². The summed E-state index contributed by atoms with van der Waals surface area (Å²) in [6.07, 6.45) is 0.813. The standard InChI is InChI=1S/C75H72O6P2/c1-9-72(8,63-50-52-68(66(54-63)70(2,3)4)77-82(76-65-48-32-17-33-49-65)79-73(56-34-18-10-19-35-56,57-36-20-11-21-37-57)58-38-22-12-23-39-58)64-51-53-69(67(55-64)71(5,6)7)78-83-80-74(59-40-24-13-25-41-59,60-42-26-14-27-43-60)75(81-83,61-44-28-15-29-45-61)62-46-30-16-31-47-62/h10-55H,9H2,1-8H3. The van der Waals surface area contributed by atoms with Crippen LogP contribution < -0.4 is 13.6 Å². The van der Waals surface area contributed by atoms with Crippen LogP contribution in [-0.2, 0) is 46.6 Å². The van der Waals surface area contributed by atoms with E-state index in [0.717, 1.165) is 67.6 Å². The summed E-state index contributed by atoms with van der Waals surface area (Å²) < 4.78 is 44.3. The number of rotatable bonds is 18. The molecule has 0 N–H and O–H groups in total. The van der Waals surface area contributed by atoms with Gasteiger partial charge in [-0.25, -0.2) is 0 Å². The second-order valence-electron chi connectivity index (χ2n) is 23.5. The normalized spacial score (nSPS) is 15.4. The summed E-state index contributed by atoms with van der Waals surface area (Å²) >= 11 is 0. The third-order valence-corrected chi connectivity index (χ3v) is 18.5. The molecule has 2 atom stereocenters. The highest BCUT2D eigenvalue weighted by atomic mass is 31.2. The molecule has 6 nitrogen and oxygen atoms in total. The fraction of sp³-hybridized carbons (Fsp3) is 0.200. The second-order valence-corrected chi connectivity index (χ2v) is 25.5. The molecule has 0 bridgehead atoms. The highest BCUT2D eigenvalue weighted by Gasteiger charge is 2.67. The molecule has 0 aliphatic carbocycles. The molecule has 418 valence electrons. The molecule has 83 heavy (non-hydrogen) atoms. The van der Waals surface area contributed by atoms with E-state index in [1.54, 1.807) is 0 Å². The zero-order chi connectivity index (χ0) is 57.7. The molecule has 1 saturated heterocycles. The average Bonchev–Trinajstić information content (AvgIpc) is 2.23. The Balaban J connectivity index is 0.988. The second kappa shape index (κ2) is 23.9. The van der Waals surface area contributed by atoms with E-state index in [-0.39, 0.29) is 10.8 Å². The van der Waals surface area contributed by atoms with Crippen molar-refractivity contribution in [3.63, 3.8) is 0 Å². The Morgan fingerprint density at radius 3 is 1.05 bits per heavy atom. The van der Waals surface area contributed by atoms with Crippen molar-refractivity contribution < 1.29 is 27.1 Å². The van der Waals surface area contributed by atoms with Crippen molar-refractivity contribution in [2.75, 3.05) is 0 Å². The number of hydrogen-bond acceptors (Lipinski definition) is 6. The molecule has 2 unspecified atom stereocenters. The predicted octanol–water partition coefficient (Wildman–Crippen LogP) is 20.2. The molecule has 0 spiro atoms. The molecule has 0 aromatic heterocycles. The van der Waals surface area contributed by atoms with Crippen LogP contribution in [0.4, 0.5) is 0 Å². The van der Waals surface area contributed by atoms with Crippen molar-refractivity contribution in [3.8, 4) is 17.2 Å². The van der Waals surface area contributed by atoms with Gasteiger partial charge in [-0.15, -0.1) is 0 Å². The van der Waals surface area contributed by atoms with Gasteiger partial charge in [-0.2, -0.15) is 0 Å². The Morgan fingerprint density at radius 2 is 0.699 bits per heavy atom. The quantitative estimate of drug-likeness (QED) is 0.0630. The van der Waals surface area contributed by atoms with Gasteiger partial charge in [0.05, 0.1) is 0 Å². The van der Waals surface area contributed by atoms with Gasteiger partial charge in [0.1, 0.15) is 17.2 Å². The maximum absolute atomic E-state index is 7.61. The monoisotopic (exact) mass is 1130 g/mol. The van der Waals surface area contributed by atoms with E-state index in [9.17, 15) is 0 Å². The Bertz CT molecular complexity index is 3440. The van der Waals surface area contributed by atoms with Crippen molar-refractivity contribution in [2.24, 2.45) is 0 Å². The SMILES string of the molecule is CCC(C)(c1ccc(OP(Oc2ccccc2)OC(c2ccccc2)(c2ccccc2)c2ccccc2)c(C(C)(C)C)c1)c1ccc(OP2OC(c3ccccc3)(c3ccccc3)C(c3ccccc3)(c3ccccc3)O2)c(C(C)(C)C)c1. The Hall–Kier alpha value is -7.66. The van der Waals surface area contributed by atoms with Crippen LogP contribution >= 0.6 is 17.2 Å². The van der Waals surface area contributed by atoms with E-state index in [2.05, 4.69) is 262 Å². The summed E-state index contributed by atoms with van der Waals surface area (Å²) in [5.74, 6) is 2.04. The minimum atomic E-state index is -2.15. The van der Waals surface area contributed by atoms with E-state index < -0.39 is 39.4 Å². The van der Waals surface area contributed by atoms with Crippen molar-refractivity contribution >= 4 is 17.2 Å². The Labute approximate surface area is 494 Å². The molecular formula is C75H72O6P2. The van der Waals surface area contributed by atoms with E-state index in [1.165, 1.54) is 0 Å². The van der Waals surface area contributed by atoms with Gasteiger partial charge in [-0.05, 0) is 91.6 Å². The van der Waals surface area contributed by atoms with Crippen molar-refractivity contribution in [3.05, 3.63) is 340 Å². The van der Waals surface area contributed by atoms with Gasteiger partial charge in [0.25, 0.3) is 0 Å².